The number of hydrogen-bond donors (Lipinski definition) is 0. The molecular weight excluding hydrogens is 316 g/mol. The van der Waals surface area contributed by atoms with Crippen LogP contribution < -0.4 is 4.90 Å². The van der Waals surface area contributed by atoms with Gasteiger partial charge in [-0.25, -0.2) is 9.97 Å². The lowest BCUT2D eigenvalue weighted by Gasteiger charge is -2.40. The largest absolute Gasteiger partial charge is 0.331 e. The highest BCUT2D eigenvalue weighted by molar-refractivity contribution is 9.10. The second-order valence-electron chi connectivity index (χ2n) is 5.08. The number of nitrogens with zero attached hydrogens (tertiary/aromatic N) is 4. The molecule has 0 spiro atoms. The zero-order chi connectivity index (χ0) is 13.9. The summed E-state index contributed by atoms with van der Waals surface area (Å²) in [6, 6.07) is 10.9. The maximum Gasteiger partial charge on any atom is 0.225 e. The Kier molecular flexibility index (Phi) is 3.98. The van der Waals surface area contributed by atoms with Gasteiger partial charge in [-0.3, -0.25) is 0 Å². The van der Waals surface area contributed by atoms with Crippen molar-refractivity contribution in [1.29, 1.82) is 0 Å². The van der Waals surface area contributed by atoms with Gasteiger partial charge in [-0.1, -0.05) is 30.3 Å². The maximum atomic E-state index is 4.45. The molecule has 1 aromatic carbocycles. The van der Waals surface area contributed by atoms with Crippen molar-refractivity contribution in [2.45, 2.75) is 6.04 Å². The fraction of sp³-hybridized carbons (Fsp3) is 0.333. The van der Waals surface area contributed by atoms with Crippen LogP contribution in [-0.2, 0) is 0 Å². The van der Waals surface area contributed by atoms with Crippen LogP contribution in [0, 0.1) is 0 Å². The molecule has 104 valence electrons. The number of hydrogen-bond acceptors (Lipinski definition) is 4. The summed E-state index contributed by atoms with van der Waals surface area (Å²) in [6.45, 7) is 2.96. The highest BCUT2D eigenvalue weighted by Gasteiger charge is 2.28. The molecule has 1 aliphatic heterocycles. The molecule has 0 amide bonds. The summed E-state index contributed by atoms with van der Waals surface area (Å²) in [5.41, 5.74) is 1.31. The Morgan fingerprint density at radius 1 is 1.10 bits per heavy atom. The van der Waals surface area contributed by atoms with E-state index in [1.807, 2.05) is 12.4 Å². The van der Waals surface area contributed by atoms with Gasteiger partial charge in [-0.05, 0) is 28.5 Å². The lowest BCUT2D eigenvalue weighted by molar-refractivity contribution is 0.267. The smallest absolute Gasteiger partial charge is 0.225 e. The summed E-state index contributed by atoms with van der Waals surface area (Å²) in [5.74, 6) is 0.801. The van der Waals surface area contributed by atoms with Gasteiger partial charge in [0.15, 0.2) is 0 Å². The highest BCUT2D eigenvalue weighted by Crippen LogP contribution is 2.28. The second kappa shape index (κ2) is 5.89. The quantitative estimate of drug-likeness (QED) is 0.846. The molecule has 20 heavy (non-hydrogen) atoms. The first kappa shape index (κ1) is 13.5. The molecule has 1 unspecified atom stereocenters. The Bertz CT molecular complexity index is 558. The van der Waals surface area contributed by atoms with Crippen molar-refractivity contribution in [3.63, 3.8) is 0 Å². The number of anilines is 1. The number of aromatic nitrogens is 2. The molecule has 0 bridgehead atoms. The van der Waals surface area contributed by atoms with Gasteiger partial charge in [-0.2, -0.15) is 0 Å². The zero-order valence-electron chi connectivity index (χ0n) is 11.4. The molecule has 1 aliphatic rings. The van der Waals surface area contributed by atoms with Gasteiger partial charge >= 0.3 is 0 Å². The number of rotatable bonds is 2. The molecule has 5 heteroatoms. The first-order valence-electron chi connectivity index (χ1n) is 6.72. The van der Waals surface area contributed by atoms with Crippen LogP contribution >= 0.6 is 15.9 Å². The molecule has 2 heterocycles. The van der Waals surface area contributed by atoms with Crippen molar-refractivity contribution in [2.75, 3.05) is 31.6 Å². The second-order valence-corrected chi connectivity index (χ2v) is 6.00. The van der Waals surface area contributed by atoms with Gasteiger partial charge in [0, 0.05) is 32.0 Å². The Morgan fingerprint density at radius 2 is 1.80 bits per heavy atom. The zero-order valence-corrected chi connectivity index (χ0v) is 13.0. The molecule has 1 atom stereocenters. The maximum absolute atomic E-state index is 4.45. The third kappa shape index (κ3) is 2.83. The minimum atomic E-state index is 0.302. The summed E-state index contributed by atoms with van der Waals surface area (Å²) in [4.78, 5) is 13.6. The predicted octanol–water partition coefficient (Wildman–Crippen LogP) is 2.73. The molecular formula is C15H17BrN4. The minimum Gasteiger partial charge on any atom is -0.331 e. The van der Waals surface area contributed by atoms with E-state index < -0.39 is 0 Å². The third-order valence-corrected chi connectivity index (χ3v) is 4.04. The Morgan fingerprint density at radius 3 is 2.50 bits per heavy atom. The number of halogens is 1. The van der Waals surface area contributed by atoms with E-state index in [0.717, 1.165) is 30.1 Å². The van der Waals surface area contributed by atoms with E-state index >= 15 is 0 Å². The number of piperazine rings is 1. The van der Waals surface area contributed by atoms with E-state index in [-0.39, 0.29) is 0 Å². The number of benzene rings is 1. The standard InChI is InChI=1S/C15H17BrN4/c1-19-7-8-20(15-17-9-13(16)10-18-15)14(11-19)12-5-3-2-4-6-12/h2-6,9-10,14H,7-8,11H2,1H3. The average molecular weight is 333 g/mol. The van der Waals surface area contributed by atoms with E-state index in [0.29, 0.717) is 6.04 Å². The molecule has 0 aliphatic carbocycles. The Balaban J connectivity index is 1.92. The van der Waals surface area contributed by atoms with E-state index in [9.17, 15) is 0 Å². The predicted molar refractivity (Wildman–Crippen MR) is 83.8 cm³/mol. The summed E-state index contributed by atoms with van der Waals surface area (Å²) in [6.07, 6.45) is 3.62. The molecule has 3 rings (SSSR count). The van der Waals surface area contributed by atoms with Gasteiger partial charge in [0.2, 0.25) is 5.95 Å². The molecule has 4 nitrogen and oxygen atoms in total. The van der Waals surface area contributed by atoms with E-state index in [1.165, 1.54) is 5.56 Å². The Hall–Kier alpha value is -1.46. The fourth-order valence-corrected chi connectivity index (χ4v) is 2.78. The molecule has 1 aromatic heterocycles. The summed E-state index contributed by atoms with van der Waals surface area (Å²) in [5, 5.41) is 0. The van der Waals surface area contributed by atoms with Gasteiger partial charge in [0.1, 0.15) is 0 Å². The van der Waals surface area contributed by atoms with Crippen LogP contribution in [0.3, 0.4) is 0 Å². The van der Waals surface area contributed by atoms with Gasteiger partial charge < -0.3 is 9.80 Å². The summed E-state index contributed by atoms with van der Waals surface area (Å²) >= 11 is 3.39. The van der Waals surface area contributed by atoms with Crippen molar-refractivity contribution in [3.8, 4) is 0 Å². The molecule has 0 saturated carbocycles. The van der Waals surface area contributed by atoms with Crippen LogP contribution in [0.5, 0.6) is 0 Å². The van der Waals surface area contributed by atoms with Crippen LogP contribution in [0.1, 0.15) is 11.6 Å². The first-order chi connectivity index (χ1) is 9.74. The molecule has 1 fully saturated rings. The SMILES string of the molecule is CN1CCN(c2ncc(Br)cn2)C(c2ccccc2)C1. The molecule has 0 N–H and O–H groups in total. The number of likely N-dealkylation sites (N-methyl/N-ethyl adjacent to an activating group) is 1. The highest BCUT2D eigenvalue weighted by atomic mass is 79.9. The van der Waals surface area contributed by atoms with Crippen LogP contribution in [0.25, 0.3) is 0 Å². The topological polar surface area (TPSA) is 32.3 Å². The van der Waals surface area contributed by atoms with Crippen LogP contribution in [0.15, 0.2) is 47.2 Å². The first-order valence-corrected chi connectivity index (χ1v) is 7.51. The lowest BCUT2D eigenvalue weighted by atomic mass is 10.0. The van der Waals surface area contributed by atoms with Crippen molar-refractivity contribution >= 4 is 21.9 Å². The fourth-order valence-electron chi connectivity index (χ4n) is 2.57. The molecule has 1 saturated heterocycles. The molecule has 2 aromatic rings. The van der Waals surface area contributed by atoms with Gasteiger partial charge in [0.25, 0.3) is 0 Å². The third-order valence-electron chi connectivity index (χ3n) is 3.63. The monoisotopic (exact) mass is 332 g/mol. The van der Waals surface area contributed by atoms with Crippen LogP contribution in [0.4, 0.5) is 5.95 Å². The Labute approximate surface area is 127 Å². The molecule has 0 radical (unpaired) electrons. The summed E-state index contributed by atoms with van der Waals surface area (Å²) in [7, 11) is 2.16. The van der Waals surface area contributed by atoms with E-state index in [1.54, 1.807) is 0 Å². The minimum absolute atomic E-state index is 0.302. The van der Waals surface area contributed by atoms with Crippen molar-refractivity contribution in [2.24, 2.45) is 0 Å². The van der Waals surface area contributed by atoms with Crippen molar-refractivity contribution < 1.29 is 0 Å². The average Bonchev–Trinajstić information content (AvgIpc) is 2.49. The van der Waals surface area contributed by atoms with E-state index in [2.05, 4.69) is 73.1 Å². The van der Waals surface area contributed by atoms with Crippen LogP contribution in [-0.4, -0.2) is 41.5 Å². The normalized spacial score (nSPS) is 20.1. The van der Waals surface area contributed by atoms with E-state index in [4.69, 9.17) is 0 Å². The van der Waals surface area contributed by atoms with Crippen molar-refractivity contribution in [3.05, 3.63) is 52.8 Å². The van der Waals surface area contributed by atoms with Crippen LogP contribution in [0.2, 0.25) is 0 Å². The van der Waals surface area contributed by atoms with Crippen molar-refractivity contribution in [1.82, 2.24) is 14.9 Å². The lowest BCUT2D eigenvalue weighted by Crippen LogP contribution is -2.47. The summed E-state index contributed by atoms with van der Waals surface area (Å²) < 4.78 is 0.909. The van der Waals surface area contributed by atoms with Gasteiger partial charge in [-0.15, -0.1) is 0 Å². The van der Waals surface area contributed by atoms with Gasteiger partial charge in [0.05, 0.1) is 10.5 Å².